The summed E-state index contributed by atoms with van der Waals surface area (Å²) in [6.45, 7) is 0.539. The summed E-state index contributed by atoms with van der Waals surface area (Å²) in [6.07, 6.45) is 0.248. The van der Waals surface area contributed by atoms with Crippen LogP contribution in [0.3, 0.4) is 0 Å². The number of aromatic nitrogens is 2. The lowest BCUT2D eigenvalue weighted by Crippen LogP contribution is -2.16. The number of carbonyl (C=O) groups excluding carboxylic acids is 1. The molecule has 3 rings (SSSR count). The summed E-state index contributed by atoms with van der Waals surface area (Å²) in [5, 5.41) is 14.7. The van der Waals surface area contributed by atoms with Crippen LogP contribution in [-0.2, 0) is 17.8 Å². The Balaban J connectivity index is 1.52. The van der Waals surface area contributed by atoms with Crippen molar-refractivity contribution in [2.75, 3.05) is 17.7 Å². The second kappa shape index (κ2) is 9.00. The number of rotatable bonds is 7. The lowest BCUT2D eigenvalue weighted by molar-refractivity contribution is -0.115. The molecule has 0 radical (unpaired) electrons. The van der Waals surface area contributed by atoms with E-state index in [2.05, 4.69) is 20.8 Å². The molecule has 3 aromatic rings. The normalized spacial score (nSPS) is 10.3. The molecule has 2 aromatic carbocycles. The van der Waals surface area contributed by atoms with E-state index >= 15 is 0 Å². The molecule has 0 aliphatic heterocycles. The van der Waals surface area contributed by atoms with Gasteiger partial charge < -0.3 is 15.4 Å². The maximum Gasteiger partial charge on any atom is 0.229 e. The first-order valence-corrected chi connectivity index (χ1v) is 8.75. The van der Waals surface area contributed by atoms with Gasteiger partial charge in [-0.3, -0.25) is 4.79 Å². The number of hydrogen-bond acceptors (Lipinski definition) is 5. The molecule has 138 valence electrons. The van der Waals surface area contributed by atoms with Crippen LogP contribution in [0.5, 0.6) is 5.75 Å². The number of nitrogens with zero attached hydrogens (tertiary/aromatic N) is 2. The summed E-state index contributed by atoms with van der Waals surface area (Å²) < 4.78 is 5.10. The van der Waals surface area contributed by atoms with Crippen molar-refractivity contribution in [3.05, 3.63) is 76.8 Å². The molecule has 0 bridgehead atoms. The van der Waals surface area contributed by atoms with Crippen LogP contribution in [0.15, 0.2) is 60.7 Å². The molecule has 0 saturated heterocycles. The van der Waals surface area contributed by atoms with Crippen molar-refractivity contribution in [2.24, 2.45) is 0 Å². The van der Waals surface area contributed by atoms with Crippen LogP contribution in [-0.4, -0.2) is 23.2 Å². The molecule has 2 N–H and O–H groups in total. The topological polar surface area (TPSA) is 76.1 Å². The van der Waals surface area contributed by atoms with Crippen LogP contribution in [0.25, 0.3) is 0 Å². The summed E-state index contributed by atoms with van der Waals surface area (Å²) >= 11 is 6.13. The van der Waals surface area contributed by atoms with Gasteiger partial charge in [-0.15, -0.1) is 10.2 Å². The Hall–Kier alpha value is -3.12. The molecule has 27 heavy (non-hydrogen) atoms. The van der Waals surface area contributed by atoms with E-state index in [-0.39, 0.29) is 12.3 Å². The van der Waals surface area contributed by atoms with E-state index in [9.17, 15) is 4.79 Å². The molecule has 1 aromatic heterocycles. The van der Waals surface area contributed by atoms with Gasteiger partial charge in [-0.05, 0) is 41.5 Å². The van der Waals surface area contributed by atoms with E-state index in [0.29, 0.717) is 23.2 Å². The van der Waals surface area contributed by atoms with Crippen molar-refractivity contribution < 1.29 is 9.53 Å². The summed E-state index contributed by atoms with van der Waals surface area (Å²) in [4.78, 5) is 12.1. The third-order valence-corrected chi connectivity index (χ3v) is 4.24. The predicted molar refractivity (Wildman–Crippen MR) is 106 cm³/mol. The number of methoxy groups -OCH3 is 1. The molecule has 0 saturated carbocycles. The number of ether oxygens (including phenoxy) is 1. The van der Waals surface area contributed by atoms with Crippen LogP contribution < -0.4 is 15.4 Å². The van der Waals surface area contributed by atoms with E-state index in [1.165, 1.54) is 0 Å². The Morgan fingerprint density at radius 3 is 2.37 bits per heavy atom. The average Bonchev–Trinajstić information content (AvgIpc) is 2.69. The maximum absolute atomic E-state index is 12.1. The first-order chi connectivity index (χ1) is 13.1. The smallest absolute Gasteiger partial charge is 0.229 e. The zero-order valence-electron chi connectivity index (χ0n) is 14.8. The summed E-state index contributed by atoms with van der Waals surface area (Å²) in [5.74, 6) is 1.59. The monoisotopic (exact) mass is 382 g/mol. The van der Waals surface area contributed by atoms with Crippen LogP contribution in [0.4, 0.5) is 11.6 Å². The summed E-state index contributed by atoms with van der Waals surface area (Å²) in [5.41, 5.74) is 1.86. The van der Waals surface area contributed by atoms with E-state index < -0.39 is 0 Å². The van der Waals surface area contributed by atoms with Crippen molar-refractivity contribution >= 4 is 29.1 Å². The standard InChI is InChI=1S/C20H19ClN4O2/c1-27-16-8-6-14(7-9-16)12-20(26)23-19-11-10-18(24-25-19)22-13-15-4-2-3-5-17(15)21/h2-11H,12-13H2,1H3,(H,22,24)(H,23,25,26). The highest BCUT2D eigenvalue weighted by Crippen LogP contribution is 2.16. The second-order valence-electron chi connectivity index (χ2n) is 5.82. The minimum absolute atomic E-state index is 0.161. The minimum atomic E-state index is -0.161. The third kappa shape index (κ3) is 5.43. The van der Waals surface area contributed by atoms with E-state index in [0.717, 1.165) is 16.9 Å². The van der Waals surface area contributed by atoms with Gasteiger partial charge in [-0.1, -0.05) is 41.9 Å². The van der Waals surface area contributed by atoms with E-state index in [1.54, 1.807) is 19.2 Å². The molecule has 0 atom stereocenters. The number of halogens is 1. The van der Waals surface area contributed by atoms with Gasteiger partial charge in [0.25, 0.3) is 0 Å². The fraction of sp³-hybridized carbons (Fsp3) is 0.150. The zero-order chi connectivity index (χ0) is 19.1. The van der Waals surface area contributed by atoms with Crippen molar-refractivity contribution in [1.82, 2.24) is 10.2 Å². The van der Waals surface area contributed by atoms with Gasteiger partial charge in [0.05, 0.1) is 13.5 Å². The van der Waals surface area contributed by atoms with E-state index in [1.807, 2.05) is 48.5 Å². The highest BCUT2D eigenvalue weighted by atomic mass is 35.5. The maximum atomic E-state index is 12.1. The largest absolute Gasteiger partial charge is 0.497 e. The van der Waals surface area contributed by atoms with Gasteiger partial charge in [0.15, 0.2) is 5.82 Å². The fourth-order valence-electron chi connectivity index (χ4n) is 2.44. The molecule has 1 heterocycles. The quantitative estimate of drug-likeness (QED) is 0.647. The number of anilines is 2. The van der Waals surface area contributed by atoms with E-state index in [4.69, 9.17) is 16.3 Å². The highest BCUT2D eigenvalue weighted by Gasteiger charge is 2.06. The van der Waals surface area contributed by atoms with Gasteiger partial charge in [0.1, 0.15) is 11.6 Å². The van der Waals surface area contributed by atoms with Crippen molar-refractivity contribution in [3.63, 3.8) is 0 Å². The van der Waals surface area contributed by atoms with Crippen LogP contribution in [0.1, 0.15) is 11.1 Å². The molecule has 6 nitrogen and oxygen atoms in total. The predicted octanol–water partition coefficient (Wildman–Crippen LogP) is 3.93. The fourth-order valence-corrected chi connectivity index (χ4v) is 2.64. The lowest BCUT2D eigenvalue weighted by atomic mass is 10.1. The number of benzene rings is 2. The SMILES string of the molecule is COc1ccc(CC(=O)Nc2ccc(NCc3ccccc3Cl)nn2)cc1. The van der Waals surface area contributed by atoms with Gasteiger partial charge >= 0.3 is 0 Å². The lowest BCUT2D eigenvalue weighted by Gasteiger charge is -2.08. The highest BCUT2D eigenvalue weighted by molar-refractivity contribution is 6.31. The van der Waals surface area contributed by atoms with Gasteiger partial charge in [0.2, 0.25) is 5.91 Å². The number of amides is 1. The van der Waals surface area contributed by atoms with Gasteiger partial charge in [-0.25, -0.2) is 0 Å². The zero-order valence-corrected chi connectivity index (χ0v) is 15.5. The Labute approximate surface area is 162 Å². The summed E-state index contributed by atoms with van der Waals surface area (Å²) in [6, 6.07) is 18.4. The Bertz CT molecular complexity index is 899. The Morgan fingerprint density at radius 2 is 1.70 bits per heavy atom. The van der Waals surface area contributed by atoms with Gasteiger partial charge in [0, 0.05) is 11.6 Å². The molecule has 0 unspecified atom stereocenters. The van der Waals surface area contributed by atoms with Crippen LogP contribution in [0.2, 0.25) is 5.02 Å². The van der Waals surface area contributed by atoms with Crippen molar-refractivity contribution in [2.45, 2.75) is 13.0 Å². The van der Waals surface area contributed by atoms with Crippen LogP contribution >= 0.6 is 11.6 Å². The molecular weight excluding hydrogens is 364 g/mol. The Morgan fingerprint density at radius 1 is 1.00 bits per heavy atom. The molecule has 0 fully saturated rings. The molecule has 0 spiro atoms. The Kier molecular flexibility index (Phi) is 6.22. The molecule has 0 aliphatic rings. The first-order valence-electron chi connectivity index (χ1n) is 8.38. The molecule has 0 aliphatic carbocycles. The first kappa shape index (κ1) is 18.7. The molecule has 7 heteroatoms. The van der Waals surface area contributed by atoms with Gasteiger partial charge in [-0.2, -0.15) is 0 Å². The van der Waals surface area contributed by atoms with Crippen molar-refractivity contribution in [3.8, 4) is 5.75 Å². The van der Waals surface area contributed by atoms with Crippen molar-refractivity contribution in [1.29, 1.82) is 0 Å². The number of carbonyl (C=O) groups is 1. The number of nitrogens with one attached hydrogen (secondary N) is 2. The van der Waals surface area contributed by atoms with Crippen LogP contribution in [0, 0.1) is 0 Å². The molecular formula is C20H19ClN4O2. The molecule has 1 amide bonds. The minimum Gasteiger partial charge on any atom is -0.497 e. The average molecular weight is 383 g/mol. The summed E-state index contributed by atoms with van der Waals surface area (Å²) in [7, 11) is 1.60. The third-order valence-electron chi connectivity index (χ3n) is 3.87. The number of hydrogen-bond donors (Lipinski definition) is 2. The second-order valence-corrected chi connectivity index (χ2v) is 6.23.